The van der Waals surface area contributed by atoms with E-state index in [0.717, 1.165) is 23.1 Å². The van der Waals surface area contributed by atoms with Gasteiger partial charge in [0, 0.05) is 24.8 Å². The number of nitrogens with one attached hydrogen (secondary N) is 2. The van der Waals surface area contributed by atoms with Crippen molar-refractivity contribution in [3.8, 4) is 6.07 Å². The number of rotatable bonds is 8. The number of hydrogen-bond donors (Lipinski definition) is 2. The van der Waals surface area contributed by atoms with Gasteiger partial charge in [0.1, 0.15) is 22.5 Å². The summed E-state index contributed by atoms with van der Waals surface area (Å²) in [7, 11) is 0. The topological polar surface area (TPSA) is 86.5 Å². The molecule has 1 aliphatic rings. The Morgan fingerprint density at radius 1 is 1.13 bits per heavy atom. The standard InChI is InChI=1S/C21H28N6S.C2H6/c1-3-15-6-8-16(9-7-15)12-24-19-18(11-22)14-26-21(27-19)25-13-17-5-4-10-23-20(17)28-2;1-2/h4-5,10,14-16H,3,6-9,12-13H2,1-2H3,(H2,24,25,26,27);1-2H3. The smallest absolute Gasteiger partial charge is 0.224 e. The van der Waals surface area contributed by atoms with Crippen LogP contribution in [0.4, 0.5) is 11.8 Å². The zero-order chi connectivity index (χ0) is 21.8. The summed E-state index contributed by atoms with van der Waals surface area (Å²) < 4.78 is 0. The molecule has 0 radical (unpaired) electrons. The highest BCUT2D eigenvalue weighted by molar-refractivity contribution is 7.98. The first-order valence-corrected chi connectivity index (χ1v) is 12.2. The van der Waals surface area contributed by atoms with Gasteiger partial charge in [0.15, 0.2) is 0 Å². The van der Waals surface area contributed by atoms with Crippen LogP contribution in [0.3, 0.4) is 0 Å². The van der Waals surface area contributed by atoms with Gasteiger partial charge in [0.2, 0.25) is 5.95 Å². The number of nitriles is 1. The van der Waals surface area contributed by atoms with Crippen LogP contribution in [0.25, 0.3) is 0 Å². The fraction of sp³-hybridized carbons (Fsp3) is 0.565. The van der Waals surface area contributed by atoms with Crippen molar-refractivity contribution >= 4 is 23.5 Å². The number of anilines is 2. The van der Waals surface area contributed by atoms with Crippen LogP contribution in [-0.4, -0.2) is 27.8 Å². The van der Waals surface area contributed by atoms with E-state index in [1.54, 1.807) is 24.2 Å². The fourth-order valence-corrected chi connectivity index (χ4v) is 4.25. The molecule has 7 heteroatoms. The molecule has 0 saturated heterocycles. The molecule has 0 aromatic carbocycles. The van der Waals surface area contributed by atoms with Crippen LogP contribution in [0, 0.1) is 23.2 Å². The normalized spacial score (nSPS) is 18.0. The molecule has 2 heterocycles. The monoisotopic (exact) mass is 426 g/mol. The summed E-state index contributed by atoms with van der Waals surface area (Å²) in [6, 6.07) is 6.16. The van der Waals surface area contributed by atoms with Crippen molar-refractivity contribution < 1.29 is 0 Å². The average Bonchev–Trinajstić information content (AvgIpc) is 2.83. The summed E-state index contributed by atoms with van der Waals surface area (Å²) in [5.41, 5.74) is 1.59. The van der Waals surface area contributed by atoms with E-state index < -0.39 is 0 Å². The number of pyridine rings is 1. The number of hydrogen-bond acceptors (Lipinski definition) is 7. The molecule has 1 aliphatic carbocycles. The van der Waals surface area contributed by atoms with E-state index in [1.807, 2.05) is 32.2 Å². The van der Waals surface area contributed by atoms with Gasteiger partial charge in [0.25, 0.3) is 0 Å². The number of nitrogens with zero attached hydrogens (tertiary/aromatic N) is 4. The Balaban J connectivity index is 0.00000155. The fourth-order valence-electron chi connectivity index (χ4n) is 3.69. The Kier molecular flexibility index (Phi) is 10.4. The summed E-state index contributed by atoms with van der Waals surface area (Å²) in [6.07, 6.45) is 11.8. The summed E-state index contributed by atoms with van der Waals surface area (Å²) in [4.78, 5) is 13.2. The molecule has 2 aromatic heterocycles. The van der Waals surface area contributed by atoms with Crippen molar-refractivity contribution in [2.24, 2.45) is 11.8 Å². The lowest BCUT2D eigenvalue weighted by atomic mass is 9.81. The maximum Gasteiger partial charge on any atom is 0.224 e. The van der Waals surface area contributed by atoms with E-state index in [4.69, 9.17) is 0 Å². The third-order valence-corrected chi connectivity index (χ3v) is 6.25. The van der Waals surface area contributed by atoms with Gasteiger partial charge >= 0.3 is 0 Å². The number of aromatic nitrogens is 3. The zero-order valence-electron chi connectivity index (χ0n) is 18.6. The predicted octanol–water partition coefficient (Wildman–Crippen LogP) is 5.73. The quantitative estimate of drug-likeness (QED) is 0.521. The molecule has 2 aromatic rings. The summed E-state index contributed by atoms with van der Waals surface area (Å²) in [5.74, 6) is 2.68. The molecule has 0 bridgehead atoms. The van der Waals surface area contributed by atoms with E-state index in [1.165, 1.54) is 32.1 Å². The Hall–Kier alpha value is -2.33. The molecular weight excluding hydrogens is 392 g/mol. The minimum atomic E-state index is 0.485. The molecule has 1 fully saturated rings. The Morgan fingerprint density at radius 2 is 1.87 bits per heavy atom. The molecule has 1 saturated carbocycles. The van der Waals surface area contributed by atoms with Crippen molar-refractivity contribution in [3.63, 3.8) is 0 Å². The van der Waals surface area contributed by atoms with E-state index in [-0.39, 0.29) is 0 Å². The molecule has 0 unspecified atom stereocenters. The van der Waals surface area contributed by atoms with Crippen molar-refractivity contribution in [3.05, 3.63) is 35.7 Å². The second-order valence-electron chi connectivity index (χ2n) is 7.27. The van der Waals surface area contributed by atoms with Gasteiger partial charge in [0.05, 0.1) is 6.20 Å². The zero-order valence-corrected chi connectivity index (χ0v) is 19.4. The molecule has 2 N–H and O–H groups in total. The van der Waals surface area contributed by atoms with Gasteiger partial charge in [-0.15, -0.1) is 11.8 Å². The molecule has 6 nitrogen and oxygen atoms in total. The minimum Gasteiger partial charge on any atom is -0.369 e. The van der Waals surface area contributed by atoms with Crippen LogP contribution in [-0.2, 0) is 6.54 Å². The lowest BCUT2D eigenvalue weighted by molar-refractivity contribution is 0.278. The van der Waals surface area contributed by atoms with Crippen LogP contribution in [0.2, 0.25) is 0 Å². The molecular formula is C23H34N6S. The third-order valence-electron chi connectivity index (χ3n) is 5.49. The van der Waals surface area contributed by atoms with Crippen LogP contribution in [0.1, 0.15) is 64.0 Å². The highest BCUT2D eigenvalue weighted by Gasteiger charge is 2.20. The highest BCUT2D eigenvalue weighted by Crippen LogP contribution is 2.30. The van der Waals surface area contributed by atoms with E-state index in [9.17, 15) is 5.26 Å². The summed E-state index contributed by atoms with van der Waals surface area (Å²) in [5, 5.41) is 17.0. The first-order valence-electron chi connectivity index (χ1n) is 11.0. The molecule has 0 aliphatic heterocycles. The van der Waals surface area contributed by atoms with E-state index >= 15 is 0 Å². The van der Waals surface area contributed by atoms with Gasteiger partial charge < -0.3 is 10.6 Å². The van der Waals surface area contributed by atoms with E-state index in [2.05, 4.69) is 38.6 Å². The van der Waals surface area contributed by atoms with Crippen molar-refractivity contribution in [1.82, 2.24) is 15.0 Å². The van der Waals surface area contributed by atoms with Crippen LogP contribution in [0.5, 0.6) is 0 Å². The summed E-state index contributed by atoms with van der Waals surface area (Å²) >= 11 is 1.62. The SMILES string of the molecule is CC.CCC1CCC(CNc2nc(NCc3cccnc3SC)ncc2C#N)CC1. The molecule has 3 rings (SSSR count). The summed E-state index contributed by atoms with van der Waals surface area (Å²) in [6.45, 7) is 7.74. The van der Waals surface area contributed by atoms with Crippen molar-refractivity contribution in [1.29, 1.82) is 5.26 Å². The Labute approximate surface area is 185 Å². The third kappa shape index (κ3) is 6.88. The lowest BCUT2D eigenvalue weighted by Crippen LogP contribution is -2.22. The average molecular weight is 427 g/mol. The van der Waals surface area contributed by atoms with Gasteiger partial charge in [-0.3, -0.25) is 0 Å². The highest BCUT2D eigenvalue weighted by atomic mass is 32.2. The van der Waals surface area contributed by atoms with Gasteiger partial charge in [-0.25, -0.2) is 9.97 Å². The van der Waals surface area contributed by atoms with Gasteiger partial charge in [-0.05, 0) is 37.0 Å². The second kappa shape index (κ2) is 13.1. The lowest BCUT2D eigenvalue weighted by Gasteiger charge is -2.28. The molecule has 0 spiro atoms. The van der Waals surface area contributed by atoms with Crippen LogP contribution < -0.4 is 10.6 Å². The van der Waals surface area contributed by atoms with Crippen molar-refractivity contribution in [2.75, 3.05) is 23.4 Å². The molecule has 0 amide bonds. The van der Waals surface area contributed by atoms with Crippen LogP contribution in [0.15, 0.2) is 29.6 Å². The van der Waals surface area contributed by atoms with Crippen LogP contribution >= 0.6 is 11.8 Å². The minimum absolute atomic E-state index is 0.485. The van der Waals surface area contributed by atoms with Gasteiger partial charge in [-0.1, -0.05) is 46.1 Å². The van der Waals surface area contributed by atoms with Crippen molar-refractivity contribution in [2.45, 2.75) is 64.4 Å². The molecule has 0 atom stereocenters. The Bertz CT molecular complexity index is 812. The molecule has 30 heavy (non-hydrogen) atoms. The second-order valence-corrected chi connectivity index (χ2v) is 8.06. The maximum atomic E-state index is 9.39. The maximum absolute atomic E-state index is 9.39. The predicted molar refractivity (Wildman–Crippen MR) is 126 cm³/mol. The Morgan fingerprint density at radius 3 is 2.53 bits per heavy atom. The van der Waals surface area contributed by atoms with E-state index in [0.29, 0.717) is 29.8 Å². The van der Waals surface area contributed by atoms with Gasteiger partial charge in [-0.2, -0.15) is 10.2 Å². The largest absolute Gasteiger partial charge is 0.369 e. The first-order chi connectivity index (χ1) is 14.7. The molecule has 162 valence electrons. The first kappa shape index (κ1) is 23.9. The number of thioether (sulfide) groups is 1.